The lowest BCUT2D eigenvalue weighted by Crippen LogP contribution is -2.49. The highest BCUT2D eigenvalue weighted by Crippen LogP contribution is 2.16. The molecular formula is C13H19ClFN3O2S. The Morgan fingerprint density at radius 3 is 2.43 bits per heavy atom. The highest BCUT2D eigenvalue weighted by atomic mass is 35.5. The molecule has 0 atom stereocenters. The molecule has 0 unspecified atom stereocenters. The first-order valence-electron chi connectivity index (χ1n) is 6.26. The molecule has 0 radical (unpaired) electrons. The maximum Gasteiger partial charge on any atom is 0.240 e. The van der Waals surface area contributed by atoms with E-state index in [1.54, 1.807) is 6.07 Å². The van der Waals surface area contributed by atoms with Crippen molar-refractivity contribution >= 4 is 22.4 Å². The normalized spacial score (nSPS) is 11.6. The van der Waals surface area contributed by atoms with E-state index in [9.17, 15) is 12.8 Å². The van der Waals surface area contributed by atoms with Crippen molar-refractivity contribution in [3.63, 3.8) is 0 Å². The summed E-state index contributed by atoms with van der Waals surface area (Å²) < 4.78 is 39.8. The minimum Gasteiger partial charge on any atom is -0.324 e. The zero-order chi connectivity index (χ0) is 15.4. The second-order valence-electron chi connectivity index (χ2n) is 4.65. The largest absolute Gasteiger partial charge is 0.324 e. The van der Waals surface area contributed by atoms with Crippen LogP contribution >= 0.6 is 12.4 Å². The van der Waals surface area contributed by atoms with Gasteiger partial charge in [-0.3, -0.25) is 0 Å². The molecule has 8 heteroatoms. The molecule has 0 fully saturated rings. The first-order chi connectivity index (χ1) is 9.28. The topological polar surface area (TPSA) is 96.0 Å². The molecule has 0 saturated carbocycles. The van der Waals surface area contributed by atoms with Gasteiger partial charge in [-0.05, 0) is 31.0 Å². The highest BCUT2D eigenvalue weighted by molar-refractivity contribution is 7.89. The molecule has 1 rings (SSSR count). The molecule has 118 valence electrons. The standard InChI is InChI=1S/C13H18FN3O2S.ClH/c1-3-13(16,4-2)9-17-20(18,19)11-5-6-12(14)10(7-11)8-15;/h5-7,17H,3-4,9,16H2,1-2H3;1H. The smallest absolute Gasteiger partial charge is 0.240 e. The van der Waals surface area contributed by atoms with Crippen LogP contribution < -0.4 is 10.5 Å². The monoisotopic (exact) mass is 335 g/mol. The van der Waals surface area contributed by atoms with E-state index in [0.29, 0.717) is 12.8 Å². The maximum absolute atomic E-state index is 13.2. The Kier molecular flexibility index (Phi) is 7.27. The van der Waals surface area contributed by atoms with Gasteiger partial charge in [0.1, 0.15) is 11.9 Å². The number of nitriles is 1. The molecule has 1 aromatic carbocycles. The van der Waals surface area contributed by atoms with Gasteiger partial charge in [0.15, 0.2) is 0 Å². The zero-order valence-corrected chi connectivity index (χ0v) is 13.5. The molecule has 0 aliphatic heterocycles. The van der Waals surface area contributed by atoms with Crippen molar-refractivity contribution in [2.24, 2.45) is 5.73 Å². The van der Waals surface area contributed by atoms with Crippen LogP contribution in [0.1, 0.15) is 32.3 Å². The van der Waals surface area contributed by atoms with Crippen LogP contribution in [-0.2, 0) is 10.0 Å². The minimum absolute atomic E-state index is 0. The molecule has 5 nitrogen and oxygen atoms in total. The van der Waals surface area contributed by atoms with Crippen LogP contribution in [0.2, 0.25) is 0 Å². The van der Waals surface area contributed by atoms with Gasteiger partial charge in [-0.1, -0.05) is 13.8 Å². The van der Waals surface area contributed by atoms with Crippen LogP contribution in [0.3, 0.4) is 0 Å². The fourth-order valence-corrected chi connectivity index (χ4v) is 2.74. The lowest BCUT2D eigenvalue weighted by molar-refractivity contribution is 0.392. The summed E-state index contributed by atoms with van der Waals surface area (Å²) in [7, 11) is -3.81. The Labute approximate surface area is 130 Å². The van der Waals surface area contributed by atoms with E-state index in [4.69, 9.17) is 11.0 Å². The fourth-order valence-electron chi connectivity index (χ4n) is 1.58. The van der Waals surface area contributed by atoms with Gasteiger partial charge in [0, 0.05) is 12.1 Å². The summed E-state index contributed by atoms with van der Waals surface area (Å²) in [5.41, 5.74) is 5.10. The second kappa shape index (κ2) is 7.71. The molecule has 0 spiro atoms. The summed E-state index contributed by atoms with van der Waals surface area (Å²) in [6.07, 6.45) is 1.25. The molecule has 0 bridgehead atoms. The molecular weight excluding hydrogens is 317 g/mol. The average molecular weight is 336 g/mol. The summed E-state index contributed by atoms with van der Waals surface area (Å²) in [5.74, 6) is -0.748. The van der Waals surface area contributed by atoms with Crippen LogP contribution in [0.5, 0.6) is 0 Å². The van der Waals surface area contributed by atoms with Crippen molar-refractivity contribution in [1.29, 1.82) is 5.26 Å². The second-order valence-corrected chi connectivity index (χ2v) is 6.41. The number of nitrogens with zero attached hydrogens (tertiary/aromatic N) is 1. The van der Waals surface area contributed by atoms with E-state index in [0.717, 1.165) is 18.2 Å². The van der Waals surface area contributed by atoms with E-state index < -0.39 is 21.4 Å². The fraction of sp³-hybridized carbons (Fsp3) is 0.462. The Morgan fingerprint density at radius 1 is 1.38 bits per heavy atom. The van der Waals surface area contributed by atoms with E-state index in [1.807, 2.05) is 13.8 Å². The molecule has 3 N–H and O–H groups in total. The predicted octanol–water partition coefficient (Wildman–Crippen LogP) is 1.91. The third-order valence-corrected chi connectivity index (χ3v) is 4.79. The first kappa shape index (κ1) is 19.8. The van der Waals surface area contributed by atoms with Gasteiger partial charge < -0.3 is 5.73 Å². The van der Waals surface area contributed by atoms with Crippen LogP contribution in [0.15, 0.2) is 23.1 Å². The van der Waals surface area contributed by atoms with Crippen LogP contribution in [0.4, 0.5) is 4.39 Å². The van der Waals surface area contributed by atoms with Crippen molar-refractivity contribution < 1.29 is 12.8 Å². The first-order valence-corrected chi connectivity index (χ1v) is 7.74. The number of nitrogens with one attached hydrogen (secondary N) is 1. The summed E-state index contributed by atoms with van der Waals surface area (Å²) >= 11 is 0. The summed E-state index contributed by atoms with van der Waals surface area (Å²) in [6, 6.07) is 4.70. The van der Waals surface area contributed by atoms with Gasteiger partial charge >= 0.3 is 0 Å². The Bertz CT molecular complexity index is 625. The number of nitrogens with two attached hydrogens (primary N) is 1. The highest BCUT2D eigenvalue weighted by Gasteiger charge is 2.24. The molecule has 0 amide bonds. The molecule has 0 heterocycles. The summed E-state index contributed by atoms with van der Waals surface area (Å²) in [5, 5.41) is 8.72. The van der Waals surface area contributed by atoms with Crippen molar-refractivity contribution in [1.82, 2.24) is 4.72 Å². The predicted molar refractivity (Wildman–Crippen MR) is 81.1 cm³/mol. The molecule has 0 saturated heterocycles. The molecule has 0 aliphatic carbocycles. The van der Waals surface area contributed by atoms with E-state index in [-0.39, 0.29) is 29.4 Å². The van der Waals surface area contributed by atoms with Crippen molar-refractivity contribution in [3.05, 3.63) is 29.6 Å². The number of benzene rings is 1. The van der Waals surface area contributed by atoms with Crippen LogP contribution in [-0.4, -0.2) is 20.5 Å². The molecule has 21 heavy (non-hydrogen) atoms. The van der Waals surface area contributed by atoms with Crippen LogP contribution in [0.25, 0.3) is 0 Å². The molecule has 0 aromatic heterocycles. The Morgan fingerprint density at radius 2 is 1.95 bits per heavy atom. The van der Waals surface area contributed by atoms with Crippen LogP contribution in [0, 0.1) is 17.1 Å². The maximum atomic E-state index is 13.2. The van der Waals surface area contributed by atoms with Gasteiger partial charge in [0.25, 0.3) is 0 Å². The number of hydrogen-bond donors (Lipinski definition) is 2. The number of sulfonamides is 1. The van der Waals surface area contributed by atoms with Gasteiger partial charge in [-0.2, -0.15) is 5.26 Å². The Balaban J connectivity index is 0.00000400. The third-order valence-electron chi connectivity index (χ3n) is 3.39. The lowest BCUT2D eigenvalue weighted by atomic mass is 9.95. The van der Waals surface area contributed by atoms with Gasteiger partial charge in [0.05, 0.1) is 10.5 Å². The Hall–Kier alpha value is -1.20. The van der Waals surface area contributed by atoms with E-state index in [2.05, 4.69) is 4.72 Å². The van der Waals surface area contributed by atoms with Crippen molar-refractivity contribution in [3.8, 4) is 6.07 Å². The van der Waals surface area contributed by atoms with Gasteiger partial charge in [-0.25, -0.2) is 17.5 Å². The SMILES string of the molecule is CCC(N)(CC)CNS(=O)(=O)c1ccc(F)c(C#N)c1.Cl. The number of rotatable bonds is 6. The average Bonchev–Trinajstić information content (AvgIpc) is 2.45. The minimum atomic E-state index is -3.81. The molecule has 0 aliphatic rings. The van der Waals surface area contributed by atoms with Crippen molar-refractivity contribution in [2.45, 2.75) is 37.1 Å². The number of hydrogen-bond acceptors (Lipinski definition) is 4. The number of halogens is 2. The lowest BCUT2D eigenvalue weighted by Gasteiger charge is -2.26. The summed E-state index contributed by atoms with van der Waals surface area (Å²) in [4.78, 5) is -0.148. The quantitative estimate of drug-likeness (QED) is 0.830. The van der Waals surface area contributed by atoms with Crippen molar-refractivity contribution in [2.75, 3.05) is 6.54 Å². The zero-order valence-electron chi connectivity index (χ0n) is 11.9. The van der Waals surface area contributed by atoms with Gasteiger partial charge in [-0.15, -0.1) is 12.4 Å². The molecule has 1 aromatic rings. The van der Waals surface area contributed by atoms with E-state index >= 15 is 0 Å². The summed E-state index contributed by atoms with van der Waals surface area (Å²) in [6.45, 7) is 3.84. The van der Waals surface area contributed by atoms with E-state index in [1.165, 1.54) is 0 Å². The van der Waals surface area contributed by atoms with Gasteiger partial charge in [0.2, 0.25) is 10.0 Å². The third kappa shape index (κ3) is 4.93.